The van der Waals surface area contributed by atoms with Gasteiger partial charge in [0.1, 0.15) is 0 Å². The molecule has 0 aliphatic heterocycles. The van der Waals surface area contributed by atoms with Crippen LogP contribution in [0.1, 0.15) is 0 Å². The van der Waals surface area contributed by atoms with E-state index in [4.69, 9.17) is 9.97 Å². The number of aromatic nitrogens is 4. The molecule has 0 radical (unpaired) electrons. The summed E-state index contributed by atoms with van der Waals surface area (Å²) in [6.45, 7) is 0. The zero-order valence-corrected chi connectivity index (χ0v) is 23.3. The average Bonchev–Trinajstić information content (AvgIpc) is 3.43. The minimum absolute atomic E-state index is 0.703. The van der Waals surface area contributed by atoms with Crippen molar-refractivity contribution in [3.05, 3.63) is 158 Å². The van der Waals surface area contributed by atoms with Crippen LogP contribution in [0.3, 0.4) is 0 Å². The minimum atomic E-state index is 0.703. The zero-order chi connectivity index (χ0) is 28.6. The Balaban J connectivity index is 1.29. The number of rotatable bonds is 5. The van der Waals surface area contributed by atoms with Gasteiger partial charge in [0.25, 0.3) is 0 Å². The molecule has 0 fully saturated rings. The fraction of sp³-hybridized carbons (Fsp3) is 0. The topological polar surface area (TPSA) is 43.6 Å². The maximum atomic E-state index is 5.09. The number of para-hydroxylation sites is 2. The van der Waals surface area contributed by atoms with Crippen molar-refractivity contribution in [1.29, 1.82) is 0 Å². The van der Waals surface area contributed by atoms with Gasteiger partial charge < -0.3 is 4.57 Å². The second-order valence-corrected chi connectivity index (χ2v) is 10.5. The molecule has 3 aromatic heterocycles. The molecule has 202 valence electrons. The van der Waals surface area contributed by atoms with Crippen LogP contribution in [0.15, 0.2) is 158 Å². The summed E-state index contributed by atoms with van der Waals surface area (Å²) in [7, 11) is 0. The van der Waals surface area contributed by atoms with Gasteiger partial charge in [-0.15, -0.1) is 0 Å². The highest BCUT2D eigenvalue weighted by Gasteiger charge is 2.15. The molecule has 0 aliphatic carbocycles. The first-order chi connectivity index (χ1) is 21.3. The molecule has 0 bridgehead atoms. The average molecular weight is 551 g/mol. The second kappa shape index (κ2) is 10.5. The van der Waals surface area contributed by atoms with E-state index >= 15 is 0 Å². The third kappa shape index (κ3) is 4.55. The van der Waals surface area contributed by atoms with Gasteiger partial charge >= 0.3 is 0 Å². The van der Waals surface area contributed by atoms with Crippen LogP contribution < -0.4 is 0 Å². The number of benzene rings is 5. The first-order valence-corrected chi connectivity index (χ1v) is 14.4. The van der Waals surface area contributed by atoms with E-state index in [0.29, 0.717) is 5.82 Å². The smallest absolute Gasteiger partial charge is 0.160 e. The molecular weight excluding hydrogens is 524 g/mol. The van der Waals surface area contributed by atoms with E-state index in [1.54, 1.807) is 0 Å². The van der Waals surface area contributed by atoms with Gasteiger partial charge in [0.05, 0.1) is 28.1 Å². The van der Waals surface area contributed by atoms with Crippen LogP contribution in [0.2, 0.25) is 0 Å². The summed E-state index contributed by atoms with van der Waals surface area (Å²) in [6, 6.07) is 52.5. The Labute approximate surface area is 249 Å². The maximum Gasteiger partial charge on any atom is 0.160 e. The first kappa shape index (κ1) is 24.9. The van der Waals surface area contributed by atoms with E-state index < -0.39 is 0 Å². The van der Waals surface area contributed by atoms with Crippen molar-refractivity contribution >= 4 is 21.8 Å². The highest BCUT2D eigenvalue weighted by molar-refractivity contribution is 6.10. The molecule has 0 saturated carbocycles. The quantitative estimate of drug-likeness (QED) is 0.214. The SMILES string of the molecule is c1ccc(-c2nc(-c3ccc(-c4ccccn4)cc3)cc(-c3ccc4c(c3)c3ccccc3n4-c3ccccc3)n2)cc1. The van der Waals surface area contributed by atoms with Crippen LogP contribution in [-0.4, -0.2) is 19.5 Å². The standard InChI is InChI=1S/C39H26N4/c1-3-11-29(12-4-1)39-41-35(28-20-18-27(19-21-28)34-16-9-10-24-40-34)26-36(42-39)30-22-23-38-33(25-30)32-15-7-8-17-37(32)43(38)31-13-5-2-6-14-31/h1-26H. The fourth-order valence-electron chi connectivity index (χ4n) is 5.79. The van der Waals surface area contributed by atoms with Crippen molar-refractivity contribution in [2.45, 2.75) is 0 Å². The van der Waals surface area contributed by atoms with E-state index in [-0.39, 0.29) is 0 Å². The molecule has 0 saturated heterocycles. The van der Waals surface area contributed by atoms with Crippen LogP contribution in [0.5, 0.6) is 0 Å². The van der Waals surface area contributed by atoms with Gasteiger partial charge in [-0.1, -0.05) is 103 Å². The van der Waals surface area contributed by atoms with E-state index in [2.05, 4.69) is 125 Å². The fourth-order valence-corrected chi connectivity index (χ4v) is 5.79. The largest absolute Gasteiger partial charge is 0.309 e. The van der Waals surface area contributed by atoms with E-state index in [0.717, 1.165) is 45.0 Å². The maximum absolute atomic E-state index is 5.09. The molecule has 4 nitrogen and oxygen atoms in total. The van der Waals surface area contributed by atoms with E-state index in [1.165, 1.54) is 21.8 Å². The Morgan fingerprint density at radius 1 is 0.395 bits per heavy atom. The number of hydrogen-bond donors (Lipinski definition) is 0. The van der Waals surface area contributed by atoms with Gasteiger partial charge in [0, 0.05) is 44.9 Å². The number of pyridine rings is 1. The molecule has 8 aromatic rings. The summed E-state index contributed by atoms with van der Waals surface area (Å²) in [5.41, 5.74) is 10.3. The Morgan fingerprint density at radius 3 is 1.74 bits per heavy atom. The molecule has 0 aliphatic rings. The number of nitrogens with zero attached hydrogens (tertiary/aromatic N) is 4. The summed E-state index contributed by atoms with van der Waals surface area (Å²) in [5.74, 6) is 0.703. The van der Waals surface area contributed by atoms with Gasteiger partial charge in [-0.05, 0) is 48.5 Å². The number of fused-ring (bicyclic) bond motifs is 3. The summed E-state index contributed by atoms with van der Waals surface area (Å²) >= 11 is 0. The predicted octanol–water partition coefficient (Wildman–Crippen LogP) is 9.64. The molecule has 0 spiro atoms. The van der Waals surface area contributed by atoms with Crippen molar-refractivity contribution in [2.24, 2.45) is 0 Å². The lowest BCUT2D eigenvalue weighted by Gasteiger charge is -2.11. The molecule has 3 heterocycles. The summed E-state index contributed by atoms with van der Waals surface area (Å²) < 4.78 is 2.33. The lowest BCUT2D eigenvalue weighted by molar-refractivity contribution is 1.18. The van der Waals surface area contributed by atoms with E-state index in [1.807, 2.05) is 42.6 Å². The van der Waals surface area contributed by atoms with Crippen LogP contribution in [0.25, 0.3) is 72.7 Å². The molecule has 0 N–H and O–H groups in total. The molecule has 0 atom stereocenters. The van der Waals surface area contributed by atoms with E-state index in [9.17, 15) is 0 Å². The summed E-state index contributed by atoms with van der Waals surface area (Å²) in [5, 5.41) is 2.41. The predicted molar refractivity (Wildman–Crippen MR) is 176 cm³/mol. The molecule has 5 aromatic carbocycles. The van der Waals surface area contributed by atoms with Gasteiger partial charge in [-0.2, -0.15) is 0 Å². The monoisotopic (exact) mass is 550 g/mol. The molecule has 4 heteroatoms. The molecule has 43 heavy (non-hydrogen) atoms. The number of hydrogen-bond acceptors (Lipinski definition) is 3. The van der Waals surface area contributed by atoms with Crippen LogP contribution in [-0.2, 0) is 0 Å². The van der Waals surface area contributed by atoms with Crippen LogP contribution in [0, 0.1) is 0 Å². The highest BCUT2D eigenvalue weighted by atomic mass is 15.0. The Kier molecular flexibility index (Phi) is 6.08. The lowest BCUT2D eigenvalue weighted by atomic mass is 10.0. The lowest BCUT2D eigenvalue weighted by Crippen LogP contribution is -1.96. The highest BCUT2D eigenvalue weighted by Crippen LogP contribution is 2.36. The third-order valence-electron chi connectivity index (χ3n) is 7.88. The molecule has 0 amide bonds. The third-order valence-corrected chi connectivity index (χ3v) is 7.88. The van der Waals surface area contributed by atoms with Crippen LogP contribution >= 0.6 is 0 Å². The Bertz CT molecular complexity index is 2200. The van der Waals surface area contributed by atoms with Gasteiger partial charge in [-0.3, -0.25) is 4.98 Å². The van der Waals surface area contributed by atoms with Crippen LogP contribution in [0.4, 0.5) is 0 Å². The zero-order valence-electron chi connectivity index (χ0n) is 23.3. The van der Waals surface area contributed by atoms with Gasteiger partial charge in [-0.25, -0.2) is 9.97 Å². The van der Waals surface area contributed by atoms with Crippen molar-refractivity contribution in [1.82, 2.24) is 19.5 Å². The Hall–Kier alpha value is -5.87. The Morgan fingerprint density at radius 2 is 1.00 bits per heavy atom. The van der Waals surface area contributed by atoms with Gasteiger partial charge in [0.2, 0.25) is 0 Å². The summed E-state index contributed by atoms with van der Waals surface area (Å²) in [4.78, 5) is 14.6. The first-order valence-electron chi connectivity index (χ1n) is 14.4. The normalized spacial score (nSPS) is 11.3. The van der Waals surface area contributed by atoms with Crippen molar-refractivity contribution < 1.29 is 0 Å². The van der Waals surface area contributed by atoms with Crippen molar-refractivity contribution in [3.8, 4) is 50.8 Å². The molecule has 0 unspecified atom stereocenters. The van der Waals surface area contributed by atoms with Crippen molar-refractivity contribution in [2.75, 3.05) is 0 Å². The summed E-state index contributed by atoms with van der Waals surface area (Å²) in [6.07, 6.45) is 1.82. The molecule has 8 rings (SSSR count). The minimum Gasteiger partial charge on any atom is -0.309 e. The second-order valence-electron chi connectivity index (χ2n) is 10.5. The van der Waals surface area contributed by atoms with Gasteiger partial charge in [0.15, 0.2) is 5.82 Å². The molecular formula is C39H26N4. The van der Waals surface area contributed by atoms with Crippen molar-refractivity contribution in [3.63, 3.8) is 0 Å².